The van der Waals surface area contributed by atoms with E-state index in [9.17, 15) is 10.2 Å². The Bertz CT molecular complexity index is 634. The summed E-state index contributed by atoms with van der Waals surface area (Å²) in [4.78, 5) is 0. The molecule has 0 aromatic carbocycles. The molecule has 0 aromatic rings. The summed E-state index contributed by atoms with van der Waals surface area (Å²) in [5, 5.41) is 21.8. The smallest absolute Gasteiger partial charge is 0.0653 e. The van der Waals surface area contributed by atoms with Crippen LogP contribution in [-0.2, 0) is 0 Å². The Morgan fingerprint density at radius 2 is 1.86 bits per heavy atom. The van der Waals surface area contributed by atoms with Gasteiger partial charge in [-0.2, -0.15) is 0 Å². The van der Waals surface area contributed by atoms with E-state index in [1.807, 2.05) is 0 Å². The van der Waals surface area contributed by atoms with E-state index in [-0.39, 0.29) is 6.10 Å². The van der Waals surface area contributed by atoms with Crippen LogP contribution in [0.15, 0.2) is 11.6 Å². The molecular weight excluding hydrogens is 356 g/mol. The van der Waals surface area contributed by atoms with Gasteiger partial charge in [0.15, 0.2) is 0 Å². The van der Waals surface area contributed by atoms with Gasteiger partial charge in [-0.3, -0.25) is 0 Å². The number of aliphatic hydroxyl groups excluding tert-OH is 1. The van der Waals surface area contributed by atoms with Gasteiger partial charge in [0.05, 0.1) is 11.7 Å². The molecule has 0 aliphatic heterocycles. The van der Waals surface area contributed by atoms with Crippen LogP contribution < -0.4 is 0 Å². The largest absolute Gasteiger partial charge is 0.393 e. The van der Waals surface area contributed by atoms with Gasteiger partial charge in [0.2, 0.25) is 0 Å². The second kappa shape index (κ2) is 7.66. The zero-order chi connectivity index (χ0) is 21.0. The molecule has 0 spiro atoms. The standard InChI is InChI=1S/C27H46O2/c1-18(2)7-6-14-27(5,29)24-11-10-22-21-9-8-19-17-20(28)12-15-25(19,3)23(21)13-16-26(22,24)4/h8,18,20-24,28-29H,6-7,9-17H2,1-5H3/t20?,21?,22?,23?,24?,25?,26?,27-/m0/s1. The molecule has 3 fully saturated rings. The lowest BCUT2D eigenvalue weighted by atomic mass is 9.46. The topological polar surface area (TPSA) is 40.5 Å². The predicted octanol–water partition coefficient (Wildman–Crippen LogP) is 6.50. The highest BCUT2D eigenvalue weighted by Crippen LogP contribution is 2.67. The van der Waals surface area contributed by atoms with Gasteiger partial charge in [-0.15, -0.1) is 0 Å². The second-order valence-corrected chi connectivity index (χ2v) is 12.5. The predicted molar refractivity (Wildman–Crippen MR) is 121 cm³/mol. The average Bonchev–Trinajstić information content (AvgIpc) is 3.00. The van der Waals surface area contributed by atoms with Gasteiger partial charge in [0, 0.05) is 0 Å². The molecule has 0 radical (unpaired) electrons. The average molecular weight is 403 g/mol. The van der Waals surface area contributed by atoms with Crippen molar-refractivity contribution < 1.29 is 10.2 Å². The molecule has 8 atom stereocenters. The number of aliphatic hydroxyl groups is 2. The second-order valence-electron chi connectivity index (χ2n) is 12.5. The molecule has 166 valence electrons. The van der Waals surface area contributed by atoms with Crippen molar-refractivity contribution in [2.24, 2.45) is 40.4 Å². The van der Waals surface area contributed by atoms with Crippen LogP contribution in [0, 0.1) is 40.4 Å². The van der Waals surface area contributed by atoms with Crippen molar-refractivity contribution in [1.82, 2.24) is 0 Å². The van der Waals surface area contributed by atoms with Crippen molar-refractivity contribution in [2.45, 2.75) is 117 Å². The summed E-state index contributed by atoms with van der Waals surface area (Å²) in [6, 6.07) is 0. The Kier molecular flexibility index (Phi) is 5.78. The molecule has 0 heterocycles. The summed E-state index contributed by atoms with van der Waals surface area (Å²) < 4.78 is 0. The summed E-state index contributed by atoms with van der Waals surface area (Å²) >= 11 is 0. The van der Waals surface area contributed by atoms with Crippen molar-refractivity contribution in [3.63, 3.8) is 0 Å². The summed E-state index contributed by atoms with van der Waals surface area (Å²) in [5.74, 6) is 3.53. The van der Waals surface area contributed by atoms with E-state index >= 15 is 0 Å². The first-order valence-corrected chi connectivity index (χ1v) is 12.7. The van der Waals surface area contributed by atoms with Gasteiger partial charge >= 0.3 is 0 Å². The number of allylic oxidation sites excluding steroid dienone is 1. The third-order valence-electron chi connectivity index (χ3n) is 10.3. The minimum absolute atomic E-state index is 0.114. The quantitative estimate of drug-likeness (QED) is 0.515. The first kappa shape index (κ1) is 21.9. The maximum atomic E-state index is 11.6. The summed E-state index contributed by atoms with van der Waals surface area (Å²) in [7, 11) is 0. The number of rotatable bonds is 5. The van der Waals surface area contributed by atoms with Crippen LogP contribution in [0.5, 0.6) is 0 Å². The van der Waals surface area contributed by atoms with Gasteiger partial charge in [-0.1, -0.05) is 52.2 Å². The van der Waals surface area contributed by atoms with Crippen molar-refractivity contribution >= 4 is 0 Å². The van der Waals surface area contributed by atoms with Crippen molar-refractivity contribution in [2.75, 3.05) is 0 Å². The fraction of sp³-hybridized carbons (Fsp3) is 0.926. The Morgan fingerprint density at radius 1 is 1.10 bits per heavy atom. The van der Waals surface area contributed by atoms with Crippen LogP contribution in [0.4, 0.5) is 0 Å². The van der Waals surface area contributed by atoms with E-state index in [2.05, 4.69) is 40.7 Å². The van der Waals surface area contributed by atoms with Crippen molar-refractivity contribution in [1.29, 1.82) is 0 Å². The van der Waals surface area contributed by atoms with Crippen LogP contribution in [0.25, 0.3) is 0 Å². The Balaban J connectivity index is 1.53. The van der Waals surface area contributed by atoms with Gasteiger partial charge in [-0.25, -0.2) is 0 Å². The van der Waals surface area contributed by atoms with Crippen LogP contribution in [0.3, 0.4) is 0 Å². The first-order chi connectivity index (χ1) is 13.6. The molecule has 4 aliphatic rings. The van der Waals surface area contributed by atoms with Gasteiger partial charge in [-0.05, 0) is 105 Å². The van der Waals surface area contributed by atoms with Gasteiger partial charge in [0.1, 0.15) is 0 Å². The lowest BCUT2D eigenvalue weighted by Crippen LogP contribution is -2.53. The summed E-state index contributed by atoms with van der Waals surface area (Å²) in [5.41, 5.74) is 1.68. The number of fused-ring (bicyclic) bond motifs is 5. The molecule has 2 nitrogen and oxygen atoms in total. The minimum atomic E-state index is -0.514. The fourth-order valence-electron chi connectivity index (χ4n) is 8.71. The molecular formula is C27H46O2. The van der Waals surface area contributed by atoms with E-state index < -0.39 is 5.60 Å². The fourth-order valence-corrected chi connectivity index (χ4v) is 8.71. The summed E-state index contributed by atoms with van der Waals surface area (Å²) in [6.45, 7) is 11.8. The molecule has 7 unspecified atom stereocenters. The molecule has 0 bridgehead atoms. The zero-order valence-electron chi connectivity index (χ0n) is 19.7. The SMILES string of the molecule is CC(C)CCC[C@](C)(O)C1CCC2C3CC=C4CC(O)CCC4(C)C3CCC21C. The third kappa shape index (κ3) is 3.65. The Hall–Kier alpha value is -0.340. The monoisotopic (exact) mass is 402 g/mol. The van der Waals surface area contributed by atoms with Crippen LogP contribution in [-0.4, -0.2) is 21.9 Å². The number of hydrogen-bond donors (Lipinski definition) is 2. The maximum absolute atomic E-state index is 11.6. The molecule has 4 rings (SSSR count). The molecule has 2 heteroatoms. The number of hydrogen-bond acceptors (Lipinski definition) is 2. The van der Waals surface area contributed by atoms with Crippen LogP contribution in [0.1, 0.15) is 105 Å². The zero-order valence-corrected chi connectivity index (χ0v) is 19.7. The van der Waals surface area contributed by atoms with E-state index in [0.717, 1.165) is 49.4 Å². The molecule has 0 amide bonds. The lowest BCUT2D eigenvalue weighted by Gasteiger charge is -2.59. The van der Waals surface area contributed by atoms with Gasteiger partial charge < -0.3 is 10.2 Å². The molecule has 29 heavy (non-hydrogen) atoms. The summed E-state index contributed by atoms with van der Waals surface area (Å²) in [6.07, 6.45) is 15.2. The molecule has 0 saturated heterocycles. The van der Waals surface area contributed by atoms with E-state index in [1.165, 1.54) is 44.9 Å². The van der Waals surface area contributed by atoms with Crippen LogP contribution in [0.2, 0.25) is 0 Å². The molecule has 4 aliphatic carbocycles. The lowest BCUT2D eigenvalue weighted by molar-refractivity contribution is -0.105. The molecule has 2 N–H and O–H groups in total. The Morgan fingerprint density at radius 3 is 2.59 bits per heavy atom. The Labute approximate surface area is 179 Å². The highest BCUT2D eigenvalue weighted by molar-refractivity contribution is 5.25. The van der Waals surface area contributed by atoms with E-state index in [0.29, 0.717) is 16.7 Å². The first-order valence-electron chi connectivity index (χ1n) is 12.7. The maximum Gasteiger partial charge on any atom is 0.0653 e. The van der Waals surface area contributed by atoms with Gasteiger partial charge in [0.25, 0.3) is 0 Å². The molecule has 0 aromatic heterocycles. The molecule has 3 saturated carbocycles. The third-order valence-corrected chi connectivity index (χ3v) is 10.3. The minimum Gasteiger partial charge on any atom is -0.393 e. The van der Waals surface area contributed by atoms with E-state index in [1.54, 1.807) is 5.57 Å². The van der Waals surface area contributed by atoms with Crippen molar-refractivity contribution in [3.05, 3.63) is 11.6 Å². The highest BCUT2D eigenvalue weighted by atomic mass is 16.3. The normalized spacial score (nSPS) is 46.5. The van der Waals surface area contributed by atoms with Crippen molar-refractivity contribution in [3.8, 4) is 0 Å². The van der Waals surface area contributed by atoms with Crippen LogP contribution >= 0.6 is 0 Å². The van der Waals surface area contributed by atoms with E-state index in [4.69, 9.17) is 0 Å². The highest BCUT2D eigenvalue weighted by Gasteiger charge is 2.61.